The fraction of sp³-hybridized carbons (Fsp3) is 0.333. The lowest BCUT2D eigenvalue weighted by atomic mass is 9.84. The van der Waals surface area contributed by atoms with Gasteiger partial charge in [0.1, 0.15) is 5.82 Å². The Kier molecular flexibility index (Phi) is 5.78. The quantitative estimate of drug-likeness (QED) is 0.451. The van der Waals surface area contributed by atoms with Gasteiger partial charge in [-0.05, 0) is 12.8 Å². The number of rotatable bonds is 7. The number of benzene rings is 1. The average Bonchev–Trinajstić information content (AvgIpc) is 3.45. The monoisotopic (exact) mass is 445 g/mol. The normalized spacial score (nSPS) is 18.5. The first kappa shape index (κ1) is 21.1. The molecule has 2 N–H and O–H groups in total. The zero-order valence-electron chi connectivity index (χ0n) is 18.6. The second-order valence-electron chi connectivity index (χ2n) is 8.39. The lowest BCUT2D eigenvalue weighted by molar-refractivity contribution is -0.0112. The zero-order valence-corrected chi connectivity index (χ0v) is 18.6. The van der Waals surface area contributed by atoms with Gasteiger partial charge in [0.05, 0.1) is 24.6 Å². The van der Waals surface area contributed by atoms with Gasteiger partial charge in [0.25, 0.3) is 11.3 Å². The molecule has 3 heterocycles. The van der Waals surface area contributed by atoms with Crippen molar-refractivity contribution in [2.45, 2.75) is 38.4 Å². The van der Waals surface area contributed by atoms with Gasteiger partial charge >= 0.3 is 0 Å². The number of nitrogens with one attached hydrogen (secondary N) is 2. The van der Waals surface area contributed by atoms with Crippen LogP contribution in [0.4, 0.5) is 5.82 Å². The van der Waals surface area contributed by atoms with E-state index in [0.717, 1.165) is 42.8 Å². The van der Waals surface area contributed by atoms with Crippen LogP contribution in [0.25, 0.3) is 17.2 Å². The highest BCUT2D eigenvalue weighted by atomic mass is 16.5. The van der Waals surface area contributed by atoms with E-state index >= 15 is 0 Å². The van der Waals surface area contributed by atoms with E-state index in [2.05, 4.69) is 32.1 Å². The molecule has 2 unspecified atom stereocenters. The minimum absolute atomic E-state index is 0.00583. The number of ether oxygens (including phenoxy) is 1. The SMILES string of the molecule is C=C(Nc1ccnn1C)C1CCCCC1OCc1cc(=O)n2[nH]c(-c3ccccc3)nc2n1. The number of nitrogens with zero attached hydrogens (tertiary/aromatic N) is 5. The van der Waals surface area contributed by atoms with Crippen molar-refractivity contribution in [3.8, 4) is 11.4 Å². The van der Waals surface area contributed by atoms with Crippen LogP contribution in [0.2, 0.25) is 0 Å². The van der Waals surface area contributed by atoms with E-state index in [9.17, 15) is 4.79 Å². The van der Waals surface area contributed by atoms with Crippen molar-refractivity contribution in [1.29, 1.82) is 0 Å². The molecule has 0 saturated heterocycles. The van der Waals surface area contributed by atoms with Crippen LogP contribution in [0.15, 0.2) is 65.7 Å². The van der Waals surface area contributed by atoms with Crippen molar-refractivity contribution >= 4 is 11.6 Å². The summed E-state index contributed by atoms with van der Waals surface area (Å²) in [7, 11) is 1.89. The van der Waals surface area contributed by atoms with E-state index < -0.39 is 0 Å². The van der Waals surface area contributed by atoms with E-state index in [-0.39, 0.29) is 24.2 Å². The van der Waals surface area contributed by atoms with Crippen LogP contribution < -0.4 is 10.9 Å². The average molecular weight is 446 g/mol. The molecule has 4 aromatic rings. The molecule has 1 aromatic carbocycles. The molecule has 0 amide bonds. The Bertz CT molecular complexity index is 1320. The summed E-state index contributed by atoms with van der Waals surface area (Å²) in [6.07, 6.45) is 5.95. The first-order valence-electron chi connectivity index (χ1n) is 11.2. The molecule has 1 fully saturated rings. The first-order valence-corrected chi connectivity index (χ1v) is 11.2. The minimum atomic E-state index is -0.212. The fourth-order valence-corrected chi connectivity index (χ4v) is 4.37. The Balaban J connectivity index is 1.31. The van der Waals surface area contributed by atoms with Gasteiger partial charge in [-0.2, -0.15) is 14.6 Å². The molecule has 0 bridgehead atoms. The van der Waals surface area contributed by atoms with Crippen LogP contribution in [-0.2, 0) is 18.4 Å². The molecular formula is C24H27N7O2. The third kappa shape index (κ3) is 4.45. The van der Waals surface area contributed by atoms with Crippen molar-refractivity contribution in [2.24, 2.45) is 13.0 Å². The summed E-state index contributed by atoms with van der Waals surface area (Å²) in [5.74, 6) is 2.01. The Morgan fingerprint density at radius 1 is 1.21 bits per heavy atom. The number of anilines is 1. The van der Waals surface area contributed by atoms with Crippen LogP contribution in [0.5, 0.6) is 0 Å². The predicted octanol–water partition coefficient (Wildman–Crippen LogP) is 3.52. The van der Waals surface area contributed by atoms with E-state index in [1.54, 1.807) is 10.9 Å². The smallest absolute Gasteiger partial charge is 0.274 e. The molecule has 33 heavy (non-hydrogen) atoms. The summed E-state index contributed by atoms with van der Waals surface area (Å²) in [5, 5.41) is 10.6. The Morgan fingerprint density at radius 2 is 2.03 bits per heavy atom. The van der Waals surface area contributed by atoms with Crippen LogP contribution in [0, 0.1) is 5.92 Å². The molecule has 170 valence electrons. The number of H-pyrrole nitrogens is 1. The van der Waals surface area contributed by atoms with Gasteiger partial charge in [-0.15, -0.1) is 0 Å². The lowest BCUT2D eigenvalue weighted by Crippen LogP contribution is -2.31. The highest BCUT2D eigenvalue weighted by molar-refractivity contribution is 5.56. The third-order valence-electron chi connectivity index (χ3n) is 6.14. The number of hydrogen-bond donors (Lipinski definition) is 2. The number of fused-ring (bicyclic) bond motifs is 1. The van der Waals surface area contributed by atoms with Crippen molar-refractivity contribution in [1.82, 2.24) is 29.4 Å². The number of aryl methyl sites for hydroxylation is 1. The van der Waals surface area contributed by atoms with Gasteiger partial charge in [0.2, 0.25) is 0 Å². The van der Waals surface area contributed by atoms with Crippen molar-refractivity contribution in [3.05, 3.63) is 77.0 Å². The van der Waals surface area contributed by atoms with E-state index in [0.29, 0.717) is 17.3 Å². The van der Waals surface area contributed by atoms with Crippen molar-refractivity contribution in [3.63, 3.8) is 0 Å². The molecule has 0 spiro atoms. The Morgan fingerprint density at radius 3 is 2.82 bits per heavy atom. The van der Waals surface area contributed by atoms with E-state index in [1.807, 2.05) is 43.4 Å². The molecular weight excluding hydrogens is 418 g/mol. The molecule has 9 heteroatoms. The standard InChI is InChI=1S/C24H27N7O2/c1-16(26-21-12-13-25-30(21)2)19-10-6-7-11-20(19)33-15-18-14-22(32)31-24(27-18)28-23(29-31)17-8-4-3-5-9-17/h3-5,8-9,12-14,19-20,26H,1,6-7,10-11,15H2,2H3,(H,27,28,29). The number of aromatic amines is 1. The van der Waals surface area contributed by atoms with Gasteiger partial charge in [0, 0.05) is 36.4 Å². The van der Waals surface area contributed by atoms with E-state index in [1.165, 1.54) is 10.6 Å². The van der Waals surface area contributed by atoms with Crippen LogP contribution in [-0.4, -0.2) is 35.5 Å². The third-order valence-corrected chi connectivity index (χ3v) is 6.14. The summed E-state index contributed by atoms with van der Waals surface area (Å²) in [6, 6.07) is 13.1. The summed E-state index contributed by atoms with van der Waals surface area (Å²) in [6.45, 7) is 4.52. The van der Waals surface area contributed by atoms with Gasteiger partial charge in [0.15, 0.2) is 5.82 Å². The predicted molar refractivity (Wildman–Crippen MR) is 126 cm³/mol. The molecule has 5 rings (SSSR count). The Hall–Kier alpha value is -3.72. The molecule has 9 nitrogen and oxygen atoms in total. The molecule has 0 aliphatic heterocycles. The van der Waals surface area contributed by atoms with Crippen molar-refractivity contribution in [2.75, 3.05) is 5.32 Å². The highest BCUT2D eigenvalue weighted by Gasteiger charge is 2.29. The molecule has 0 radical (unpaired) electrons. The highest BCUT2D eigenvalue weighted by Crippen LogP contribution is 2.32. The Labute approximate surface area is 191 Å². The fourth-order valence-electron chi connectivity index (χ4n) is 4.37. The number of aromatic nitrogens is 6. The summed E-state index contributed by atoms with van der Waals surface area (Å²) >= 11 is 0. The van der Waals surface area contributed by atoms with E-state index in [4.69, 9.17) is 4.74 Å². The molecule has 1 aliphatic carbocycles. The summed E-state index contributed by atoms with van der Waals surface area (Å²) in [4.78, 5) is 21.7. The van der Waals surface area contributed by atoms with Crippen LogP contribution in [0.1, 0.15) is 31.4 Å². The van der Waals surface area contributed by atoms with Gasteiger partial charge in [-0.3, -0.25) is 14.6 Å². The summed E-state index contributed by atoms with van der Waals surface area (Å²) in [5.41, 5.74) is 2.17. The zero-order chi connectivity index (χ0) is 22.8. The molecule has 2 atom stereocenters. The van der Waals surface area contributed by atoms with Gasteiger partial charge < -0.3 is 10.1 Å². The minimum Gasteiger partial charge on any atom is -0.371 e. The molecule has 1 saturated carbocycles. The topological polar surface area (TPSA) is 102 Å². The lowest BCUT2D eigenvalue weighted by Gasteiger charge is -2.33. The second-order valence-corrected chi connectivity index (χ2v) is 8.39. The molecule has 1 aliphatic rings. The van der Waals surface area contributed by atoms with Crippen LogP contribution in [0.3, 0.4) is 0 Å². The first-order chi connectivity index (χ1) is 16.1. The number of hydrogen-bond acceptors (Lipinski definition) is 6. The van der Waals surface area contributed by atoms with Gasteiger partial charge in [-0.25, -0.2) is 4.98 Å². The summed E-state index contributed by atoms with van der Waals surface area (Å²) < 4.78 is 9.41. The second kappa shape index (κ2) is 9.03. The largest absolute Gasteiger partial charge is 0.371 e. The maximum absolute atomic E-state index is 12.6. The van der Waals surface area contributed by atoms with Crippen LogP contribution >= 0.6 is 0 Å². The van der Waals surface area contributed by atoms with Crippen molar-refractivity contribution < 1.29 is 4.74 Å². The molecule has 3 aromatic heterocycles. The van der Waals surface area contributed by atoms with Gasteiger partial charge in [-0.1, -0.05) is 49.8 Å². The maximum atomic E-state index is 12.6. The maximum Gasteiger partial charge on any atom is 0.274 e.